The van der Waals surface area contributed by atoms with Crippen LogP contribution in [0.3, 0.4) is 0 Å². The second kappa shape index (κ2) is 4.45. The molecule has 3 heteroatoms. The fourth-order valence-corrected chi connectivity index (χ4v) is 1.64. The van der Waals surface area contributed by atoms with Crippen molar-refractivity contribution in [3.63, 3.8) is 0 Å². The van der Waals surface area contributed by atoms with Crippen molar-refractivity contribution in [2.24, 2.45) is 0 Å². The highest BCUT2D eigenvalue weighted by atomic mass is 19.1. The average molecular weight is 232 g/mol. The van der Waals surface area contributed by atoms with Crippen LogP contribution in [0.15, 0.2) is 36.4 Å². The molecule has 0 amide bonds. The molecule has 2 nitrogen and oxygen atoms in total. The van der Waals surface area contributed by atoms with Crippen molar-refractivity contribution in [1.82, 2.24) is 0 Å². The lowest BCUT2D eigenvalue weighted by Gasteiger charge is -2.07. The molecule has 0 aliphatic rings. The van der Waals surface area contributed by atoms with Crippen molar-refractivity contribution in [2.75, 3.05) is 7.11 Å². The number of ether oxygens (including phenoxy) is 1. The third kappa shape index (κ3) is 2.23. The first-order valence-electron chi connectivity index (χ1n) is 5.25. The lowest BCUT2D eigenvalue weighted by molar-refractivity contribution is 0.373. The summed E-state index contributed by atoms with van der Waals surface area (Å²) in [5, 5.41) is 9.66. The number of aromatic hydroxyl groups is 1. The first kappa shape index (κ1) is 11.5. The summed E-state index contributed by atoms with van der Waals surface area (Å²) >= 11 is 0. The number of hydrogen-bond donors (Lipinski definition) is 1. The predicted molar refractivity (Wildman–Crippen MR) is 64.8 cm³/mol. The molecule has 0 aromatic heterocycles. The van der Waals surface area contributed by atoms with E-state index in [4.69, 9.17) is 4.74 Å². The number of benzene rings is 2. The average Bonchev–Trinajstić information content (AvgIpc) is 2.32. The van der Waals surface area contributed by atoms with Crippen LogP contribution in [0.2, 0.25) is 0 Å². The Morgan fingerprint density at radius 1 is 1.06 bits per heavy atom. The fraction of sp³-hybridized carbons (Fsp3) is 0.143. The van der Waals surface area contributed by atoms with E-state index in [1.807, 2.05) is 6.07 Å². The smallest absolute Gasteiger partial charge is 0.160 e. The molecule has 0 saturated carbocycles. The Kier molecular flexibility index (Phi) is 3.00. The molecule has 0 heterocycles. The van der Waals surface area contributed by atoms with Crippen LogP contribution in [-0.2, 0) is 0 Å². The quantitative estimate of drug-likeness (QED) is 0.858. The van der Waals surface area contributed by atoms with E-state index in [1.54, 1.807) is 31.2 Å². The summed E-state index contributed by atoms with van der Waals surface area (Å²) in [5.74, 6) is 0.199. The first-order chi connectivity index (χ1) is 8.11. The van der Waals surface area contributed by atoms with E-state index in [1.165, 1.54) is 13.2 Å². The summed E-state index contributed by atoms with van der Waals surface area (Å²) in [4.78, 5) is 0. The highest BCUT2D eigenvalue weighted by Crippen LogP contribution is 2.31. The Balaban J connectivity index is 2.46. The maximum absolute atomic E-state index is 13.4. The van der Waals surface area contributed by atoms with E-state index < -0.39 is 0 Å². The molecule has 2 rings (SSSR count). The van der Waals surface area contributed by atoms with Crippen LogP contribution >= 0.6 is 0 Å². The molecule has 0 fully saturated rings. The van der Waals surface area contributed by atoms with Crippen molar-refractivity contribution < 1.29 is 14.2 Å². The molecule has 0 saturated heterocycles. The van der Waals surface area contributed by atoms with E-state index in [9.17, 15) is 9.50 Å². The van der Waals surface area contributed by atoms with Gasteiger partial charge in [0, 0.05) is 0 Å². The predicted octanol–water partition coefficient (Wildman–Crippen LogP) is 3.52. The van der Waals surface area contributed by atoms with Crippen LogP contribution in [0.5, 0.6) is 11.5 Å². The maximum atomic E-state index is 13.4. The van der Waals surface area contributed by atoms with Crippen LogP contribution in [0.1, 0.15) is 5.56 Å². The molecule has 2 aromatic carbocycles. The van der Waals surface area contributed by atoms with E-state index in [2.05, 4.69) is 0 Å². The van der Waals surface area contributed by atoms with Gasteiger partial charge in [-0.25, -0.2) is 4.39 Å². The molecule has 0 aliphatic carbocycles. The summed E-state index contributed by atoms with van der Waals surface area (Å²) < 4.78 is 18.4. The molecule has 0 aliphatic heterocycles. The Labute approximate surface area is 99.3 Å². The Hall–Kier alpha value is -2.03. The first-order valence-corrected chi connectivity index (χ1v) is 5.25. The van der Waals surface area contributed by atoms with Crippen molar-refractivity contribution >= 4 is 0 Å². The summed E-state index contributed by atoms with van der Waals surface area (Å²) in [6, 6.07) is 9.98. The number of hydrogen-bond acceptors (Lipinski definition) is 2. The van der Waals surface area contributed by atoms with Gasteiger partial charge in [0.15, 0.2) is 11.5 Å². The van der Waals surface area contributed by atoms with Crippen LogP contribution in [-0.4, -0.2) is 12.2 Å². The van der Waals surface area contributed by atoms with Crippen molar-refractivity contribution in [2.45, 2.75) is 6.92 Å². The Morgan fingerprint density at radius 3 is 2.29 bits per heavy atom. The van der Waals surface area contributed by atoms with Crippen LogP contribution in [0, 0.1) is 12.7 Å². The van der Waals surface area contributed by atoms with Gasteiger partial charge in [-0.05, 0) is 41.8 Å². The highest BCUT2D eigenvalue weighted by molar-refractivity contribution is 5.67. The summed E-state index contributed by atoms with van der Waals surface area (Å²) in [5.41, 5.74) is 2.08. The van der Waals surface area contributed by atoms with Gasteiger partial charge in [-0.15, -0.1) is 0 Å². The van der Waals surface area contributed by atoms with Gasteiger partial charge in [-0.2, -0.15) is 0 Å². The van der Waals surface area contributed by atoms with Gasteiger partial charge in [0.1, 0.15) is 5.82 Å². The molecule has 0 bridgehead atoms. The topological polar surface area (TPSA) is 29.5 Å². The van der Waals surface area contributed by atoms with Crippen LogP contribution in [0.4, 0.5) is 4.39 Å². The molecule has 0 spiro atoms. The SMILES string of the molecule is COc1ccc(-c2ccc(C)c(F)c2)cc1O. The third-order valence-electron chi connectivity index (χ3n) is 2.68. The van der Waals surface area contributed by atoms with Gasteiger partial charge in [-0.1, -0.05) is 18.2 Å². The molecule has 17 heavy (non-hydrogen) atoms. The Bertz CT molecular complexity index is 550. The molecular formula is C14H13FO2. The second-order valence-corrected chi connectivity index (χ2v) is 3.85. The molecule has 0 radical (unpaired) electrons. The highest BCUT2D eigenvalue weighted by Gasteiger charge is 2.06. The molecule has 0 unspecified atom stereocenters. The molecule has 0 atom stereocenters. The normalized spacial score (nSPS) is 10.3. The number of rotatable bonds is 2. The lowest BCUT2D eigenvalue weighted by Crippen LogP contribution is -1.86. The van der Waals surface area contributed by atoms with Gasteiger partial charge >= 0.3 is 0 Å². The second-order valence-electron chi connectivity index (χ2n) is 3.85. The summed E-state index contributed by atoms with van der Waals surface area (Å²) in [6.07, 6.45) is 0. The lowest BCUT2D eigenvalue weighted by atomic mass is 10.0. The van der Waals surface area contributed by atoms with E-state index >= 15 is 0 Å². The van der Waals surface area contributed by atoms with Gasteiger partial charge in [0.05, 0.1) is 7.11 Å². The number of aryl methyl sites for hydroxylation is 1. The van der Waals surface area contributed by atoms with E-state index in [-0.39, 0.29) is 11.6 Å². The van der Waals surface area contributed by atoms with Crippen LogP contribution in [0.25, 0.3) is 11.1 Å². The van der Waals surface area contributed by atoms with Gasteiger partial charge in [0.2, 0.25) is 0 Å². The molecule has 2 aromatic rings. The number of halogens is 1. The minimum Gasteiger partial charge on any atom is -0.504 e. The Morgan fingerprint density at radius 2 is 1.71 bits per heavy atom. The monoisotopic (exact) mass is 232 g/mol. The zero-order chi connectivity index (χ0) is 12.4. The van der Waals surface area contributed by atoms with E-state index in [0.29, 0.717) is 11.3 Å². The van der Waals surface area contributed by atoms with Crippen molar-refractivity contribution in [3.05, 3.63) is 47.8 Å². The van der Waals surface area contributed by atoms with Crippen molar-refractivity contribution in [1.29, 1.82) is 0 Å². The summed E-state index contributed by atoms with van der Waals surface area (Å²) in [7, 11) is 1.49. The molecule has 1 N–H and O–H groups in total. The maximum Gasteiger partial charge on any atom is 0.160 e. The largest absolute Gasteiger partial charge is 0.504 e. The van der Waals surface area contributed by atoms with Gasteiger partial charge in [0.25, 0.3) is 0 Å². The zero-order valence-electron chi connectivity index (χ0n) is 9.70. The standard InChI is InChI=1S/C14H13FO2/c1-9-3-4-10(7-12(9)15)11-5-6-14(17-2)13(16)8-11/h3-8,16H,1-2H3. The zero-order valence-corrected chi connectivity index (χ0v) is 9.70. The number of methoxy groups -OCH3 is 1. The van der Waals surface area contributed by atoms with Gasteiger partial charge in [-0.3, -0.25) is 0 Å². The summed E-state index contributed by atoms with van der Waals surface area (Å²) in [6.45, 7) is 1.71. The van der Waals surface area contributed by atoms with E-state index in [0.717, 1.165) is 11.1 Å². The van der Waals surface area contributed by atoms with Crippen molar-refractivity contribution in [3.8, 4) is 22.6 Å². The van der Waals surface area contributed by atoms with Crippen LogP contribution < -0.4 is 4.74 Å². The fourth-order valence-electron chi connectivity index (χ4n) is 1.64. The minimum atomic E-state index is -0.252. The molecular weight excluding hydrogens is 219 g/mol. The molecule has 88 valence electrons. The van der Waals surface area contributed by atoms with Gasteiger partial charge < -0.3 is 9.84 Å². The number of phenolic OH excluding ortho intramolecular Hbond substituents is 1. The third-order valence-corrected chi connectivity index (χ3v) is 2.68. The minimum absolute atomic E-state index is 0.0472. The number of phenols is 1.